The first-order valence-corrected chi connectivity index (χ1v) is 7.73. The summed E-state index contributed by atoms with van der Waals surface area (Å²) in [5, 5.41) is 0. The van der Waals surface area contributed by atoms with Crippen LogP contribution in [0.4, 0.5) is 22.0 Å². The van der Waals surface area contributed by atoms with E-state index in [1.807, 2.05) is 13.8 Å². The molecule has 0 saturated heterocycles. The van der Waals surface area contributed by atoms with Crippen LogP contribution in [0, 0.1) is 5.92 Å². The van der Waals surface area contributed by atoms with Crippen LogP contribution in [-0.4, -0.2) is 30.7 Å². The zero-order valence-electron chi connectivity index (χ0n) is 12.6. The summed E-state index contributed by atoms with van der Waals surface area (Å²) in [6.07, 6.45) is -9.56. The predicted molar refractivity (Wildman–Crippen MR) is 71.7 cm³/mol. The van der Waals surface area contributed by atoms with Crippen molar-refractivity contribution >= 4 is 0 Å². The van der Waals surface area contributed by atoms with Gasteiger partial charge in [0.1, 0.15) is 12.3 Å². The maximum atomic E-state index is 13.6. The van der Waals surface area contributed by atoms with E-state index in [1.165, 1.54) is 0 Å². The molecule has 1 nitrogen and oxygen atoms in total. The highest BCUT2D eigenvalue weighted by Crippen LogP contribution is 2.34. The van der Waals surface area contributed by atoms with E-state index >= 15 is 0 Å². The normalized spacial score (nSPS) is 32.1. The Morgan fingerprint density at radius 2 is 1.67 bits per heavy atom. The number of alkyl halides is 5. The van der Waals surface area contributed by atoms with Crippen LogP contribution in [0.25, 0.3) is 0 Å². The molecule has 1 fully saturated rings. The molecule has 6 heteroatoms. The molecule has 0 aliphatic heterocycles. The number of halogens is 5. The molecular weight excluding hydrogens is 291 g/mol. The van der Waals surface area contributed by atoms with E-state index in [2.05, 4.69) is 4.74 Å². The highest BCUT2D eigenvalue weighted by Gasteiger charge is 2.43. The lowest BCUT2D eigenvalue weighted by Crippen LogP contribution is -2.43. The van der Waals surface area contributed by atoms with E-state index < -0.39 is 50.0 Å². The minimum atomic E-state index is -3.40. The van der Waals surface area contributed by atoms with Crippen LogP contribution >= 0.6 is 0 Å². The third-order valence-corrected chi connectivity index (χ3v) is 3.95. The summed E-state index contributed by atoms with van der Waals surface area (Å²) >= 11 is 0. The van der Waals surface area contributed by atoms with Crippen molar-refractivity contribution in [2.75, 3.05) is 0 Å². The van der Waals surface area contributed by atoms with Gasteiger partial charge in [0.25, 0.3) is 0 Å². The average molecular weight is 316 g/mol. The van der Waals surface area contributed by atoms with Crippen molar-refractivity contribution in [3.05, 3.63) is 0 Å². The fraction of sp³-hybridized carbons (Fsp3) is 1.00. The Hall–Kier alpha value is -0.390. The maximum Gasteiger partial charge on any atom is 0.355 e. The summed E-state index contributed by atoms with van der Waals surface area (Å²) in [4.78, 5) is 0. The van der Waals surface area contributed by atoms with Gasteiger partial charge in [-0.25, -0.2) is 13.2 Å². The van der Waals surface area contributed by atoms with E-state index in [1.54, 1.807) is 0 Å². The Morgan fingerprint density at radius 3 is 2.19 bits per heavy atom. The molecular formula is C15H25F5O. The molecule has 3 atom stereocenters. The third-order valence-electron chi connectivity index (χ3n) is 3.95. The molecule has 1 aliphatic carbocycles. The summed E-state index contributed by atoms with van der Waals surface area (Å²) in [7, 11) is 0. The second kappa shape index (κ2) is 8.30. The number of hydrogen-bond donors (Lipinski definition) is 0. The molecule has 0 N–H and O–H groups in total. The molecule has 3 unspecified atom stereocenters. The van der Waals surface area contributed by atoms with Gasteiger partial charge in [0.2, 0.25) is 0 Å². The topological polar surface area (TPSA) is 9.23 Å². The van der Waals surface area contributed by atoms with Gasteiger partial charge in [0.15, 0.2) is 6.17 Å². The maximum absolute atomic E-state index is 13.6. The number of rotatable bonds is 8. The second-order valence-electron chi connectivity index (χ2n) is 6.11. The SMILES string of the molecule is CCCC(C)CCCC(F)(F)OC1CC(F)C(F)C(F)C1. The first kappa shape index (κ1) is 18.7. The Morgan fingerprint density at radius 1 is 1.10 bits per heavy atom. The Balaban J connectivity index is 2.34. The first-order chi connectivity index (χ1) is 9.75. The quantitative estimate of drug-likeness (QED) is 0.546. The molecule has 0 aromatic rings. The molecule has 126 valence electrons. The lowest BCUT2D eigenvalue weighted by Gasteiger charge is -2.32. The van der Waals surface area contributed by atoms with E-state index in [0.717, 1.165) is 12.8 Å². The smallest absolute Gasteiger partial charge is 0.317 e. The second-order valence-corrected chi connectivity index (χ2v) is 6.11. The van der Waals surface area contributed by atoms with Gasteiger partial charge < -0.3 is 4.74 Å². The minimum Gasteiger partial charge on any atom is -0.317 e. The first-order valence-electron chi connectivity index (χ1n) is 7.73. The van der Waals surface area contributed by atoms with Crippen LogP contribution < -0.4 is 0 Å². The molecule has 21 heavy (non-hydrogen) atoms. The van der Waals surface area contributed by atoms with Crippen molar-refractivity contribution in [1.29, 1.82) is 0 Å². The zero-order chi connectivity index (χ0) is 16.0. The van der Waals surface area contributed by atoms with E-state index in [9.17, 15) is 22.0 Å². The number of ether oxygens (including phenoxy) is 1. The van der Waals surface area contributed by atoms with Crippen molar-refractivity contribution in [2.45, 2.75) is 89.5 Å². The van der Waals surface area contributed by atoms with Gasteiger partial charge in [-0.3, -0.25) is 0 Å². The van der Waals surface area contributed by atoms with Gasteiger partial charge in [-0.1, -0.05) is 33.1 Å². The van der Waals surface area contributed by atoms with E-state index in [-0.39, 0.29) is 0 Å². The largest absolute Gasteiger partial charge is 0.355 e. The predicted octanol–water partition coefficient (Wildman–Crippen LogP) is 5.38. The standard InChI is InChI=1S/C15H25F5O/c1-3-5-10(2)6-4-7-15(19,20)21-11-8-12(16)14(18)13(17)9-11/h10-14H,3-9H2,1-2H3. The van der Waals surface area contributed by atoms with Gasteiger partial charge in [0.05, 0.1) is 6.10 Å². The number of hydrogen-bond acceptors (Lipinski definition) is 1. The summed E-state index contributed by atoms with van der Waals surface area (Å²) in [6.45, 7) is 4.04. The molecule has 0 radical (unpaired) electrons. The Labute approximate surface area is 123 Å². The van der Waals surface area contributed by atoms with Crippen molar-refractivity contribution in [2.24, 2.45) is 5.92 Å². The van der Waals surface area contributed by atoms with Crippen molar-refractivity contribution in [3.63, 3.8) is 0 Å². The molecule has 0 aromatic heterocycles. The van der Waals surface area contributed by atoms with Gasteiger partial charge in [0, 0.05) is 19.3 Å². The van der Waals surface area contributed by atoms with Gasteiger partial charge in [-0.2, -0.15) is 8.78 Å². The summed E-state index contributed by atoms with van der Waals surface area (Å²) in [5.41, 5.74) is 0. The van der Waals surface area contributed by atoms with Crippen molar-refractivity contribution < 1.29 is 26.7 Å². The van der Waals surface area contributed by atoms with Crippen LogP contribution in [0.15, 0.2) is 0 Å². The van der Waals surface area contributed by atoms with E-state index in [0.29, 0.717) is 18.8 Å². The zero-order valence-corrected chi connectivity index (χ0v) is 12.6. The summed E-state index contributed by atoms with van der Waals surface area (Å²) < 4.78 is 71.1. The Kier molecular flexibility index (Phi) is 7.37. The Bertz CT molecular complexity index is 288. The van der Waals surface area contributed by atoms with Gasteiger partial charge in [-0.05, 0) is 12.3 Å². The summed E-state index contributed by atoms with van der Waals surface area (Å²) in [5.74, 6) is 0.373. The molecule has 0 spiro atoms. The van der Waals surface area contributed by atoms with Crippen LogP contribution in [0.2, 0.25) is 0 Å². The molecule has 0 aromatic carbocycles. The molecule has 0 heterocycles. The van der Waals surface area contributed by atoms with Crippen LogP contribution in [0.5, 0.6) is 0 Å². The molecule has 1 saturated carbocycles. The fourth-order valence-electron chi connectivity index (χ4n) is 2.78. The summed E-state index contributed by atoms with van der Waals surface area (Å²) in [6, 6.07) is 0. The minimum absolute atomic E-state index is 0.296. The highest BCUT2D eigenvalue weighted by atomic mass is 19.3. The third kappa shape index (κ3) is 6.49. The average Bonchev–Trinajstić information content (AvgIpc) is 2.35. The van der Waals surface area contributed by atoms with Gasteiger partial charge >= 0.3 is 6.11 Å². The monoisotopic (exact) mass is 316 g/mol. The van der Waals surface area contributed by atoms with Crippen molar-refractivity contribution in [3.8, 4) is 0 Å². The van der Waals surface area contributed by atoms with Crippen LogP contribution in [0.1, 0.15) is 58.8 Å². The molecule has 1 rings (SSSR count). The van der Waals surface area contributed by atoms with Crippen molar-refractivity contribution in [1.82, 2.24) is 0 Å². The fourth-order valence-corrected chi connectivity index (χ4v) is 2.78. The van der Waals surface area contributed by atoms with E-state index in [4.69, 9.17) is 0 Å². The molecule has 1 aliphatic rings. The lowest BCUT2D eigenvalue weighted by molar-refractivity contribution is -0.277. The van der Waals surface area contributed by atoms with Crippen LogP contribution in [0.3, 0.4) is 0 Å². The van der Waals surface area contributed by atoms with Crippen LogP contribution in [-0.2, 0) is 4.74 Å². The molecule has 0 amide bonds. The molecule has 0 bridgehead atoms. The van der Waals surface area contributed by atoms with Gasteiger partial charge in [-0.15, -0.1) is 0 Å². The highest BCUT2D eigenvalue weighted by molar-refractivity contribution is 4.88. The lowest BCUT2D eigenvalue weighted by atomic mass is 9.92.